The zero-order chi connectivity index (χ0) is 12.1. The molecule has 0 fully saturated rings. The fourth-order valence-electron chi connectivity index (χ4n) is 1.09. The Morgan fingerprint density at radius 3 is 2.56 bits per heavy atom. The van der Waals surface area contributed by atoms with Crippen molar-refractivity contribution >= 4 is 28.5 Å². The minimum atomic E-state index is -0.701. The van der Waals surface area contributed by atoms with Crippen LogP contribution in [0.3, 0.4) is 0 Å². The van der Waals surface area contributed by atoms with Gasteiger partial charge in [-0.25, -0.2) is 4.39 Å². The molecule has 6 heteroatoms. The van der Waals surface area contributed by atoms with Crippen LogP contribution in [-0.4, -0.2) is 35.4 Å². The molecule has 0 heterocycles. The number of hydrogen-bond donors (Lipinski definition) is 3. The summed E-state index contributed by atoms with van der Waals surface area (Å²) < 4.78 is 13.3. The van der Waals surface area contributed by atoms with Crippen LogP contribution >= 0.6 is 22.6 Å². The van der Waals surface area contributed by atoms with Crippen molar-refractivity contribution in [3.05, 3.63) is 33.1 Å². The molecule has 0 atom stereocenters. The van der Waals surface area contributed by atoms with Gasteiger partial charge in [-0.3, -0.25) is 4.79 Å². The molecule has 88 valence electrons. The number of aliphatic hydroxyl groups is 2. The van der Waals surface area contributed by atoms with E-state index in [-0.39, 0.29) is 13.2 Å². The second-order valence-electron chi connectivity index (χ2n) is 3.16. The van der Waals surface area contributed by atoms with Gasteiger partial charge in [0.05, 0.1) is 24.8 Å². The van der Waals surface area contributed by atoms with E-state index in [1.165, 1.54) is 18.2 Å². The van der Waals surface area contributed by atoms with Gasteiger partial charge in [-0.1, -0.05) is 0 Å². The van der Waals surface area contributed by atoms with Gasteiger partial charge in [-0.2, -0.15) is 0 Å². The molecule has 16 heavy (non-hydrogen) atoms. The van der Waals surface area contributed by atoms with Crippen LogP contribution in [0.25, 0.3) is 0 Å². The van der Waals surface area contributed by atoms with Gasteiger partial charge in [0, 0.05) is 3.57 Å². The average Bonchev–Trinajstić information content (AvgIpc) is 2.25. The van der Waals surface area contributed by atoms with Gasteiger partial charge in [-0.15, -0.1) is 0 Å². The first-order valence-electron chi connectivity index (χ1n) is 4.56. The van der Waals surface area contributed by atoms with Crippen LogP contribution in [-0.2, 0) is 0 Å². The first-order valence-corrected chi connectivity index (χ1v) is 5.64. The van der Waals surface area contributed by atoms with Gasteiger partial charge >= 0.3 is 0 Å². The maximum absolute atomic E-state index is 12.8. The quantitative estimate of drug-likeness (QED) is 0.701. The lowest BCUT2D eigenvalue weighted by Gasteiger charge is -2.13. The molecule has 4 nitrogen and oxygen atoms in total. The highest BCUT2D eigenvalue weighted by molar-refractivity contribution is 14.1. The molecule has 1 aromatic rings. The monoisotopic (exact) mass is 339 g/mol. The maximum atomic E-state index is 12.8. The summed E-state index contributed by atoms with van der Waals surface area (Å²) >= 11 is 1.85. The number of benzene rings is 1. The van der Waals surface area contributed by atoms with E-state index in [1.807, 2.05) is 22.6 Å². The topological polar surface area (TPSA) is 69.6 Å². The second kappa shape index (κ2) is 6.12. The van der Waals surface area contributed by atoms with E-state index in [0.29, 0.717) is 9.13 Å². The van der Waals surface area contributed by atoms with Crippen LogP contribution in [0.15, 0.2) is 18.2 Å². The predicted octanol–water partition coefficient (Wildman–Crippen LogP) is 0.513. The van der Waals surface area contributed by atoms with Crippen molar-refractivity contribution in [3.8, 4) is 0 Å². The first kappa shape index (κ1) is 13.3. The van der Waals surface area contributed by atoms with Crippen LogP contribution in [0.1, 0.15) is 10.4 Å². The summed E-state index contributed by atoms with van der Waals surface area (Å²) in [6, 6.07) is 3.08. The summed E-state index contributed by atoms with van der Waals surface area (Å²) in [4.78, 5) is 11.6. The number of carbonyl (C=O) groups is 1. The molecule has 0 aliphatic carbocycles. The smallest absolute Gasteiger partial charge is 0.252 e. The molecule has 0 spiro atoms. The van der Waals surface area contributed by atoms with Gasteiger partial charge in [0.25, 0.3) is 5.91 Å². The Hall–Kier alpha value is -0.730. The fraction of sp³-hybridized carbons (Fsp3) is 0.300. The molecule has 1 amide bonds. The zero-order valence-electron chi connectivity index (χ0n) is 8.28. The van der Waals surface area contributed by atoms with Crippen LogP contribution in [0, 0.1) is 9.39 Å². The van der Waals surface area contributed by atoms with Crippen molar-refractivity contribution in [1.82, 2.24) is 5.32 Å². The van der Waals surface area contributed by atoms with Crippen LogP contribution < -0.4 is 5.32 Å². The summed E-state index contributed by atoms with van der Waals surface area (Å²) in [7, 11) is 0. The van der Waals surface area contributed by atoms with E-state index in [4.69, 9.17) is 10.2 Å². The Kier molecular flexibility index (Phi) is 5.10. The van der Waals surface area contributed by atoms with Crippen molar-refractivity contribution in [3.63, 3.8) is 0 Å². The molecule has 1 aromatic carbocycles. The number of aliphatic hydroxyl groups excluding tert-OH is 2. The molecular formula is C10H11FINO3. The number of carbonyl (C=O) groups excluding carboxylic acids is 1. The zero-order valence-corrected chi connectivity index (χ0v) is 10.4. The lowest BCUT2D eigenvalue weighted by molar-refractivity contribution is 0.0878. The number of rotatable bonds is 4. The van der Waals surface area contributed by atoms with Gasteiger partial charge in [0.2, 0.25) is 0 Å². The minimum absolute atomic E-state index is 0.314. The summed E-state index contributed by atoms with van der Waals surface area (Å²) in [6.45, 7) is -0.694. The average molecular weight is 339 g/mol. The van der Waals surface area contributed by atoms with Crippen LogP contribution in [0.2, 0.25) is 0 Å². The normalized spacial score (nSPS) is 10.6. The third-order valence-electron chi connectivity index (χ3n) is 1.95. The van der Waals surface area contributed by atoms with Gasteiger partial charge in [-0.05, 0) is 40.8 Å². The Labute approximate surface area is 106 Å². The van der Waals surface area contributed by atoms with E-state index in [9.17, 15) is 9.18 Å². The molecule has 0 aliphatic rings. The van der Waals surface area contributed by atoms with Gasteiger partial charge in [0.15, 0.2) is 0 Å². The van der Waals surface area contributed by atoms with E-state index in [0.717, 1.165) is 0 Å². The highest BCUT2D eigenvalue weighted by Crippen LogP contribution is 2.13. The molecule has 0 saturated heterocycles. The summed E-state index contributed by atoms with van der Waals surface area (Å²) in [6.07, 6.45) is 0. The molecular weight excluding hydrogens is 328 g/mol. The van der Waals surface area contributed by atoms with E-state index < -0.39 is 17.8 Å². The highest BCUT2D eigenvalue weighted by Gasteiger charge is 2.14. The molecule has 3 N–H and O–H groups in total. The lowest BCUT2D eigenvalue weighted by Crippen LogP contribution is -2.40. The largest absolute Gasteiger partial charge is 0.394 e. The number of hydrogen-bond acceptors (Lipinski definition) is 3. The Morgan fingerprint density at radius 2 is 2.06 bits per heavy atom. The first-order chi connectivity index (χ1) is 7.58. The Balaban J connectivity index is 2.80. The third kappa shape index (κ3) is 3.39. The molecule has 0 radical (unpaired) electrons. The van der Waals surface area contributed by atoms with Crippen molar-refractivity contribution < 1.29 is 19.4 Å². The Morgan fingerprint density at radius 1 is 1.44 bits per heavy atom. The van der Waals surface area contributed by atoms with Crippen LogP contribution in [0.5, 0.6) is 0 Å². The van der Waals surface area contributed by atoms with E-state index >= 15 is 0 Å². The molecule has 0 aromatic heterocycles. The SMILES string of the molecule is O=C(NC(CO)CO)c1ccc(F)cc1I. The molecule has 0 unspecified atom stereocenters. The fourth-order valence-corrected chi connectivity index (χ4v) is 1.81. The lowest BCUT2D eigenvalue weighted by atomic mass is 10.2. The molecule has 0 bridgehead atoms. The summed E-state index contributed by atoms with van der Waals surface area (Å²) in [5, 5.41) is 20.0. The number of amides is 1. The van der Waals surface area contributed by atoms with E-state index in [2.05, 4.69) is 5.32 Å². The number of nitrogens with one attached hydrogen (secondary N) is 1. The van der Waals surface area contributed by atoms with Crippen molar-refractivity contribution in [2.75, 3.05) is 13.2 Å². The standard InChI is InChI=1S/C10H11FINO3/c11-6-1-2-8(9(12)3-6)10(16)13-7(4-14)5-15/h1-3,7,14-15H,4-5H2,(H,13,16). The third-order valence-corrected chi connectivity index (χ3v) is 2.84. The van der Waals surface area contributed by atoms with Gasteiger partial charge in [0.1, 0.15) is 5.82 Å². The van der Waals surface area contributed by atoms with Crippen molar-refractivity contribution in [1.29, 1.82) is 0 Å². The molecule has 1 rings (SSSR count). The van der Waals surface area contributed by atoms with Crippen molar-refractivity contribution in [2.24, 2.45) is 0 Å². The second-order valence-corrected chi connectivity index (χ2v) is 4.32. The Bertz CT molecular complexity index is 382. The molecule has 0 aliphatic heterocycles. The molecule has 0 saturated carbocycles. The predicted molar refractivity (Wildman–Crippen MR) is 64.5 cm³/mol. The maximum Gasteiger partial charge on any atom is 0.252 e. The summed E-state index contributed by atoms with van der Waals surface area (Å²) in [5.41, 5.74) is 0.314. The van der Waals surface area contributed by atoms with Gasteiger partial charge < -0.3 is 15.5 Å². The van der Waals surface area contributed by atoms with Crippen molar-refractivity contribution in [2.45, 2.75) is 6.04 Å². The summed E-state index contributed by atoms with van der Waals surface area (Å²) in [5.74, 6) is -0.862. The highest BCUT2D eigenvalue weighted by atomic mass is 127. The number of halogens is 2. The minimum Gasteiger partial charge on any atom is -0.394 e. The van der Waals surface area contributed by atoms with Crippen LogP contribution in [0.4, 0.5) is 4.39 Å². The van der Waals surface area contributed by atoms with E-state index in [1.54, 1.807) is 0 Å².